The highest BCUT2D eigenvalue weighted by Gasteiger charge is 2.40. The fraction of sp³-hybridized carbons (Fsp3) is 0.444. The molecule has 9 nitrogen and oxygen atoms in total. The summed E-state index contributed by atoms with van der Waals surface area (Å²) in [6.07, 6.45) is -3.27. The van der Waals surface area contributed by atoms with Gasteiger partial charge in [-0.2, -0.15) is 25.8 Å². The molecule has 6 N–H and O–H groups in total. The van der Waals surface area contributed by atoms with E-state index in [-0.39, 0.29) is 11.3 Å². The number of hydrogen-bond donors (Lipinski definition) is 6. The number of amides is 2. The van der Waals surface area contributed by atoms with E-state index in [4.69, 9.17) is 10.8 Å². The van der Waals surface area contributed by atoms with Crippen molar-refractivity contribution < 1.29 is 42.6 Å². The maximum absolute atomic E-state index is 12.0. The van der Waals surface area contributed by atoms with Gasteiger partial charge in [-0.15, -0.1) is 11.8 Å². The van der Waals surface area contributed by atoms with Crippen molar-refractivity contribution in [2.75, 3.05) is 12.0 Å². The monoisotopic (exact) mass is 499 g/mol. The number of halogens is 3. The van der Waals surface area contributed by atoms with E-state index in [1.54, 1.807) is 43.5 Å². The van der Waals surface area contributed by atoms with Gasteiger partial charge in [-0.05, 0) is 18.4 Å². The van der Waals surface area contributed by atoms with Gasteiger partial charge in [0.15, 0.2) is 0 Å². The lowest BCUT2D eigenvalue weighted by Crippen LogP contribution is -2.49. The number of benzene rings is 1. The van der Waals surface area contributed by atoms with Crippen LogP contribution >= 0.6 is 24.4 Å². The number of hydrogen-bond acceptors (Lipinski definition) is 7. The maximum Gasteiger partial charge on any atom is 0.471 e. The maximum atomic E-state index is 12.0. The van der Waals surface area contributed by atoms with Crippen molar-refractivity contribution in [3.63, 3.8) is 0 Å². The van der Waals surface area contributed by atoms with Gasteiger partial charge in [0, 0.05) is 17.2 Å². The van der Waals surface area contributed by atoms with Crippen LogP contribution < -0.4 is 16.4 Å². The minimum absolute atomic E-state index is 0.350. The Bertz CT molecular complexity index is 783. The van der Waals surface area contributed by atoms with Crippen molar-refractivity contribution in [1.82, 2.24) is 10.6 Å². The molecule has 0 saturated carbocycles. The molecule has 0 heterocycles. The number of thioether (sulfide) groups is 1. The first-order valence-corrected chi connectivity index (χ1v) is 10.8. The summed E-state index contributed by atoms with van der Waals surface area (Å²) >= 11 is 4.83. The average Bonchev–Trinajstić information content (AvgIpc) is 2.74. The number of aliphatic carboxylic acids is 2. The molecule has 1 aromatic rings. The molecule has 14 heteroatoms. The van der Waals surface area contributed by atoms with E-state index < -0.39 is 47.8 Å². The Kier molecular flexibility index (Phi) is 12.8. The Morgan fingerprint density at radius 1 is 1.09 bits per heavy atom. The highest BCUT2D eigenvalue weighted by atomic mass is 32.2. The third kappa shape index (κ3) is 10.2. The third-order valence-electron chi connectivity index (χ3n) is 3.95. The number of carbonyl (C=O) groups excluding carboxylic acids is 2. The van der Waals surface area contributed by atoms with Crippen LogP contribution in [0.4, 0.5) is 13.2 Å². The lowest BCUT2D eigenvalue weighted by molar-refractivity contribution is -0.175. The van der Waals surface area contributed by atoms with Crippen molar-refractivity contribution in [2.45, 2.75) is 30.6 Å². The molecule has 32 heavy (non-hydrogen) atoms. The first-order chi connectivity index (χ1) is 14.8. The summed E-state index contributed by atoms with van der Waals surface area (Å²) < 4.78 is 34.7. The summed E-state index contributed by atoms with van der Waals surface area (Å²) in [4.78, 5) is 43.6. The number of carboxylic acid groups (broad SMARTS) is 2. The molecule has 180 valence electrons. The number of rotatable bonds is 9. The van der Waals surface area contributed by atoms with Gasteiger partial charge in [0.05, 0.1) is 5.37 Å². The number of thiol groups is 1. The molecule has 1 aromatic carbocycles. The molecule has 0 saturated heterocycles. The zero-order chi connectivity index (χ0) is 25.1. The van der Waals surface area contributed by atoms with Crippen molar-refractivity contribution in [2.24, 2.45) is 11.7 Å². The topological polar surface area (TPSA) is 159 Å². The molecular weight excluding hydrogens is 475 g/mol. The predicted octanol–water partition coefficient (Wildman–Crippen LogP) is 1.20. The Labute approximate surface area is 191 Å². The molecule has 0 fully saturated rings. The van der Waals surface area contributed by atoms with Crippen LogP contribution in [-0.4, -0.2) is 69.6 Å². The van der Waals surface area contributed by atoms with Crippen LogP contribution in [-0.2, 0) is 14.4 Å². The van der Waals surface area contributed by atoms with E-state index >= 15 is 0 Å². The Balaban J connectivity index is 0.000000649. The van der Waals surface area contributed by atoms with Gasteiger partial charge < -0.3 is 26.6 Å². The molecule has 0 spiro atoms. The van der Waals surface area contributed by atoms with E-state index in [1.807, 2.05) is 0 Å². The summed E-state index contributed by atoms with van der Waals surface area (Å²) in [6, 6.07) is 5.87. The first-order valence-electron chi connectivity index (χ1n) is 8.84. The zero-order valence-corrected chi connectivity index (χ0v) is 18.7. The number of nitrogens with two attached hydrogens (primary N) is 1. The van der Waals surface area contributed by atoms with Gasteiger partial charge in [-0.3, -0.25) is 9.59 Å². The Morgan fingerprint density at radius 3 is 2.00 bits per heavy atom. The van der Waals surface area contributed by atoms with E-state index in [2.05, 4.69) is 17.9 Å². The summed E-state index contributed by atoms with van der Waals surface area (Å²) in [5, 5.41) is 20.9. The first kappa shape index (κ1) is 29.5. The Morgan fingerprint density at radius 2 is 1.62 bits per heavy atom. The molecule has 0 aliphatic carbocycles. The SMILES string of the molecule is CSC(N)C(C)[C@H](NC(=O)c1ccccc1)C(=O)O.O=C(O)[C@H](CS)NC(=O)C(F)(F)F. The van der Waals surface area contributed by atoms with Gasteiger partial charge in [0.25, 0.3) is 5.91 Å². The van der Waals surface area contributed by atoms with Gasteiger partial charge >= 0.3 is 24.0 Å². The van der Waals surface area contributed by atoms with Crippen molar-refractivity contribution in [3.05, 3.63) is 35.9 Å². The largest absolute Gasteiger partial charge is 0.480 e. The van der Waals surface area contributed by atoms with Gasteiger partial charge in [0.1, 0.15) is 12.1 Å². The lowest BCUT2D eigenvalue weighted by atomic mass is 10.0. The molecule has 0 aliphatic heterocycles. The number of carboxylic acids is 2. The van der Waals surface area contributed by atoms with E-state index in [0.717, 1.165) is 0 Å². The van der Waals surface area contributed by atoms with Crippen LogP contribution in [0.15, 0.2) is 30.3 Å². The minimum Gasteiger partial charge on any atom is -0.480 e. The van der Waals surface area contributed by atoms with Crippen LogP contribution in [0.5, 0.6) is 0 Å². The smallest absolute Gasteiger partial charge is 0.471 e. The second kappa shape index (κ2) is 13.9. The number of nitrogens with one attached hydrogen (secondary N) is 2. The zero-order valence-electron chi connectivity index (χ0n) is 17.0. The second-order valence-corrected chi connectivity index (χ2v) is 7.64. The van der Waals surface area contributed by atoms with Crippen molar-refractivity contribution in [1.29, 1.82) is 0 Å². The molecule has 2 amide bonds. The number of alkyl halides is 3. The van der Waals surface area contributed by atoms with Crippen LogP contribution in [0.1, 0.15) is 17.3 Å². The van der Waals surface area contributed by atoms with Crippen LogP contribution in [0.3, 0.4) is 0 Å². The van der Waals surface area contributed by atoms with Crippen LogP contribution in [0, 0.1) is 5.92 Å². The van der Waals surface area contributed by atoms with Gasteiger partial charge in [0.2, 0.25) is 0 Å². The second-order valence-electron chi connectivity index (χ2n) is 6.26. The molecular formula is C18H24F3N3O6S2. The minimum atomic E-state index is -5.07. The average molecular weight is 500 g/mol. The third-order valence-corrected chi connectivity index (χ3v) is 5.29. The summed E-state index contributed by atoms with van der Waals surface area (Å²) in [6.45, 7) is 1.71. The van der Waals surface area contributed by atoms with Crippen LogP contribution in [0.25, 0.3) is 0 Å². The van der Waals surface area contributed by atoms with E-state index in [1.165, 1.54) is 17.1 Å². The molecule has 4 atom stereocenters. The van der Waals surface area contributed by atoms with E-state index in [9.17, 15) is 37.5 Å². The van der Waals surface area contributed by atoms with Gasteiger partial charge in [-0.1, -0.05) is 25.1 Å². The number of carbonyl (C=O) groups is 4. The predicted molar refractivity (Wildman–Crippen MR) is 115 cm³/mol. The molecule has 0 aliphatic rings. The molecule has 1 rings (SSSR count). The fourth-order valence-corrected chi connectivity index (χ4v) is 2.90. The molecule has 2 unspecified atom stereocenters. The van der Waals surface area contributed by atoms with Gasteiger partial charge in [-0.25, -0.2) is 9.59 Å². The van der Waals surface area contributed by atoms with Crippen molar-refractivity contribution in [3.8, 4) is 0 Å². The molecule has 0 bridgehead atoms. The normalized spacial score (nSPS) is 14.6. The lowest BCUT2D eigenvalue weighted by Gasteiger charge is -2.25. The summed E-state index contributed by atoms with van der Waals surface area (Å²) in [5.41, 5.74) is 6.25. The van der Waals surface area contributed by atoms with E-state index in [0.29, 0.717) is 5.56 Å². The summed E-state index contributed by atoms with van der Waals surface area (Å²) in [5.74, 6) is -6.12. The van der Waals surface area contributed by atoms with Crippen LogP contribution in [0.2, 0.25) is 0 Å². The molecule has 0 radical (unpaired) electrons. The quantitative estimate of drug-likeness (QED) is 0.218. The molecule has 0 aromatic heterocycles. The highest BCUT2D eigenvalue weighted by Crippen LogP contribution is 2.16. The Hall–Kier alpha value is -2.45. The summed E-state index contributed by atoms with van der Waals surface area (Å²) in [7, 11) is 0. The fourth-order valence-electron chi connectivity index (χ4n) is 2.06. The highest BCUT2D eigenvalue weighted by molar-refractivity contribution is 7.99. The standard InChI is InChI=1S/C13H18N2O3S.C5H6F3NO3S/c1-8(11(14)19-2)10(13(17)18)15-12(16)9-6-4-3-5-7-9;6-5(7,8)4(12)9-2(1-13)3(10)11/h3-8,10-11H,14H2,1-2H3,(H,15,16)(H,17,18);2,13H,1H2,(H,9,12)(H,10,11)/t8?,10-,11?;2-/m00/s1. The van der Waals surface area contributed by atoms with Crippen molar-refractivity contribution >= 4 is 48.1 Å².